The number of nitrogens with one attached hydrogen (secondary N) is 1. The molecule has 2 rings (SSSR count). The fourth-order valence-electron chi connectivity index (χ4n) is 3.25. The first-order valence-electron chi connectivity index (χ1n) is 8.30. The molecule has 2 N–H and O–H groups in total. The molecule has 1 aliphatic carbocycles. The van der Waals surface area contributed by atoms with Gasteiger partial charge in [0.1, 0.15) is 5.82 Å². The van der Waals surface area contributed by atoms with Crippen LogP contribution in [-0.4, -0.2) is 35.8 Å². The lowest BCUT2D eigenvalue weighted by atomic mass is 9.94. The minimum atomic E-state index is 0.191. The summed E-state index contributed by atoms with van der Waals surface area (Å²) in [4.78, 5) is 7.03. The molecule has 118 valence electrons. The number of aromatic nitrogens is 1. The van der Waals surface area contributed by atoms with Gasteiger partial charge in [0.05, 0.1) is 6.61 Å². The molecule has 1 fully saturated rings. The number of anilines is 1. The molecule has 0 saturated heterocycles. The molecule has 1 aromatic heterocycles. The first-order valence-corrected chi connectivity index (χ1v) is 8.30. The van der Waals surface area contributed by atoms with E-state index in [1.165, 1.54) is 43.2 Å². The predicted octanol–water partition coefficient (Wildman–Crippen LogP) is 2.63. The average molecular weight is 291 g/mol. The maximum Gasteiger partial charge on any atom is 0.131 e. The van der Waals surface area contributed by atoms with Gasteiger partial charge in [0, 0.05) is 25.3 Å². The number of hydrogen-bond donors (Lipinski definition) is 2. The van der Waals surface area contributed by atoms with Crippen LogP contribution in [0.15, 0.2) is 12.3 Å². The van der Waals surface area contributed by atoms with Crippen molar-refractivity contribution in [2.75, 3.05) is 24.6 Å². The number of hydrogen-bond acceptors (Lipinski definition) is 4. The van der Waals surface area contributed by atoms with Crippen LogP contribution < -0.4 is 10.2 Å². The summed E-state index contributed by atoms with van der Waals surface area (Å²) in [6, 6.07) is 2.76. The van der Waals surface area contributed by atoms with Gasteiger partial charge in [0.15, 0.2) is 0 Å². The Labute approximate surface area is 128 Å². The summed E-state index contributed by atoms with van der Waals surface area (Å²) in [7, 11) is 0. The van der Waals surface area contributed by atoms with Gasteiger partial charge in [-0.3, -0.25) is 0 Å². The van der Waals surface area contributed by atoms with Crippen molar-refractivity contribution >= 4 is 5.82 Å². The van der Waals surface area contributed by atoms with Gasteiger partial charge >= 0.3 is 0 Å². The van der Waals surface area contributed by atoms with Gasteiger partial charge in [0.25, 0.3) is 0 Å². The lowest BCUT2D eigenvalue weighted by Gasteiger charge is -2.35. The number of aliphatic hydroxyl groups excluding tert-OH is 1. The minimum Gasteiger partial charge on any atom is -0.395 e. The molecular weight excluding hydrogens is 262 g/mol. The summed E-state index contributed by atoms with van der Waals surface area (Å²) in [5.41, 5.74) is 2.44. The Hall–Kier alpha value is -1.13. The zero-order valence-corrected chi connectivity index (χ0v) is 13.4. The molecule has 0 bridgehead atoms. The quantitative estimate of drug-likeness (QED) is 0.811. The van der Waals surface area contributed by atoms with E-state index in [4.69, 9.17) is 4.98 Å². The molecule has 0 amide bonds. The van der Waals surface area contributed by atoms with Crippen molar-refractivity contribution < 1.29 is 5.11 Å². The third-order valence-corrected chi connectivity index (χ3v) is 4.31. The Morgan fingerprint density at radius 2 is 2.10 bits per heavy atom. The standard InChI is InChI=1S/C17H29N3O/c1-3-18-12-15-11-14(2)17(19-13-15)20(9-10-21)16-7-5-4-6-8-16/h11,13,16,18,21H,3-10,12H2,1-2H3. The van der Waals surface area contributed by atoms with Crippen LogP contribution in [0.4, 0.5) is 5.82 Å². The zero-order chi connectivity index (χ0) is 15.1. The highest BCUT2D eigenvalue weighted by atomic mass is 16.3. The minimum absolute atomic E-state index is 0.191. The molecule has 0 atom stereocenters. The van der Waals surface area contributed by atoms with Gasteiger partial charge in [-0.2, -0.15) is 0 Å². The topological polar surface area (TPSA) is 48.4 Å². The van der Waals surface area contributed by atoms with E-state index in [9.17, 15) is 5.11 Å². The van der Waals surface area contributed by atoms with E-state index in [1.807, 2.05) is 6.20 Å². The molecule has 4 nitrogen and oxygen atoms in total. The van der Waals surface area contributed by atoms with Crippen LogP contribution in [0.1, 0.15) is 50.2 Å². The van der Waals surface area contributed by atoms with Crippen molar-refractivity contribution in [1.82, 2.24) is 10.3 Å². The first-order chi connectivity index (χ1) is 10.3. The maximum atomic E-state index is 9.41. The molecule has 4 heteroatoms. The zero-order valence-electron chi connectivity index (χ0n) is 13.4. The monoisotopic (exact) mass is 291 g/mol. The Morgan fingerprint density at radius 3 is 2.71 bits per heavy atom. The summed E-state index contributed by atoms with van der Waals surface area (Å²) in [5, 5.41) is 12.7. The molecule has 0 spiro atoms. The molecule has 1 aromatic rings. The number of aliphatic hydroxyl groups is 1. The summed E-state index contributed by atoms with van der Waals surface area (Å²) in [6.45, 7) is 6.96. The third kappa shape index (κ3) is 4.42. The first kappa shape index (κ1) is 16.2. The summed E-state index contributed by atoms with van der Waals surface area (Å²) in [5.74, 6) is 1.05. The molecule has 0 aromatic carbocycles. The molecule has 0 radical (unpaired) electrons. The maximum absolute atomic E-state index is 9.41. The van der Waals surface area contributed by atoms with Gasteiger partial charge in [-0.05, 0) is 43.5 Å². The van der Waals surface area contributed by atoms with E-state index in [2.05, 4.69) is 30.1 Å². The Morgan fingerprint density at radius 1 is 1.33 bits per heavy atom. The van der Waals surface area contributed by atoms with E-state index in [1.54, 1.807) is 0 Å². The lowest BCUT2D eigenvalue weighted by molar-refractivity contribution is 0.289. The van der Waals surface area contributed by atoms with Crippen molar-refractivity contribution in [2.24, 2.45) is 0 Å². The van der Waals surface area contributed by atoms with Crippen LogP contribution in [0.25, 0.3) is 0 Å². The van der Waals surface area contributed by atoms with Gasteiger partial charge < -0.3 is 15.3 Å². The third-order valence-electron chi connectivity index (χ3n) is 4.31. The molecule has 1 aliphatic rings. The fourth-order valence-corrected chi connectivity index (χ4v) is 3.25. The highest BCUT2D eigenvalue weighted by Crippen LogP contribution is 2.28. The van der Waals surface area contributed by atoms with E-state index >= 15 is 0 Å². The van der Waals surface area contributed by atoms with Crippen LogP contribution in [0.5, 0.6) is 0 Å². The van der Waals surface area contributed by atoms with Crippen LogP contribution in [0.2, 0.25) is 0 Å². The Bertz CT molecular complexity index is 430. The summed E-state index contributed by atoms with van der Waals surface area (Å²) >= 11 is 0. The number of rotatable bonds is 7. The van der Waals surface area contributed by atoms with E-state index in [0.29, 0.717) is 12.6 Å². The van der Waals surface area contributed by atoms with Crippen LogP contribution in [0, 0.1) is 6.92 Å². The molecular formula is C17H29N3O. The summed E-state index contributed by atoms with van der Waals surface area (Å²) < 4.78 is 0. The van der Waals surface area contributed by atoms with Crippen LogP contribution in [0.3, 0.4) is 0 Å². The molecule has 1 saturated carbocycles. The van der Waals surface area contributed by atoms with Crippen molar-refractivity contribution in [3.63, 3.8) is 0 Å². The smallest absolute Gasteiger partial charge is 0.131 e. The van der Waals surface area contributed by atoms with E-state index in [-0.39, 0.29) is 6.61 Å². The SMILES string of the molecule is CCNCc1cnc(N(CCO)C2CCCCC2)c(C)c1. The van der Waals surface area contributed by atoms with Crippen LogP contribution >= 0.6 is 0 Å². The van der Waals surface area contributed by atoms with Gasteiger partial charge in [-0.15, -0.1) is 0 Å². The van der Waals surface area contributed by atoms with Crippen molar-refractivity contribution in [3.05, 3.63) is 23.4 Å². The van der Waals surface area contributed by atoms with Crippen molar-refractivity contribution in [2.45, 2.75) is 58.5 Å². The molecule has 21 heavy (non-hydrogen) atoms. The van der Waals surface area contributed by atoms with Gasteiger partial charge in [-0.25, -0.2) is 4.98 Å². The van der Waals surface area contributed by atoms with E-state index < -0.39 is 0 Å². The highest BCUT2D eigenvalue weighted by molar-refractivity contribution is 5.48. The second-order valence-electron chi connectivity index (χ2n) is 5.97. The van der Waals surface area contributed by atoms with Gasteiger partial charge in [0.2, 0.25) is 0 Å². The largest absolute Gasteiger partial charge is 0.395 e. The number of pyridine rings is 1. The average Bonchev–Trinajstić information content (AvgIpc) is 2.52. The van der Waals surface area contributed by atoms with Crippen molar-refractivity contribution in [1.29, 1.82) is 0 Å². The lowest BCUT2D eigenvalue weighted by Crippen LogP contribution is -2.39. The molecule has 1 heterocycles. The molecule has 0 unspecified atom stereocenters. The Kier molecular flexibility index (Phi) is 6.46. The highest BCUT2D eigenvalue weighted by Gasteiger charge is 2.23. The second-order valence-corrected chi connectivity index (χ2v) is 5.97. The fraction of sp³-hybridized carbons (Fsp3) is 0.706. The summed E-state index contributed by atoms with van der Waals surface area (Å²) in [6.07, 6.45) is 8.35. The second kappa shape index (κ2) is 8.35. The predicted molar refractivity (Wildman–Crippen MR) is 87.7 cm³/mol. The Balaban J connectivity index is 2.15. The number of aryl methyl sites for hydroxylation is 1. The van der Waals surface area contributed by atoms with Gasteiger partial charge in [-0.1, -0.05) is 26.2 Å². The van der Waals surface area contributed by atoms with E-state index in [0.717, 1.165) is 18.9 Å². The van der Waals surface area contributed by atoms with Crippen LogP contribution in [-0.2, 0) is 6.54 Å². The molecule has 0 aliphatic heterocycles. The van der Waals surface area contributed by atoms with Crippen molar-refractivity contribution in [3.8, 4) is 0 Å². The normalized spacial score (nSPS) is 16.1. The number of nitrogens with zero attached hydrogens (tertiary/aromatic N) is 2.